The molecule has 0 aliphatic heterocycles. The zero-order valence-corrected chi connectivity index (χ0v) is 9.90. The van der Waals surface area contributed by atoms with E-state index in [0.717, 1.165) is 12.0 Å². The number of rotatable bonds is 4. The van der Waals surface area contributed by atoms with Crippen molar-refractivity contribution in [2.75, 3.05) is 6.54 Å². The van der Waals surface area contributed by atoms with Crippen LogP contribution >= 0.6 is 0 Å². The van der Waals surface area contributed by atoms with Crippen LogP contribution in [-0.2, 0) is 6.42 Å². The van der Waals surface area contributed by atoms with Crippen LogP contribution in [0.2, 0.25) is 0 Å². The molecule has 2 aromatic carbocycles. The summed E-state index contributed by atoms with van der Waals surface area (Å²) in [5.41, 5.74) is 7.47. The summed E-state index contributed by atoms with van der Waals surface area (Å²) in [5, 5.41) is 0. The summed E-state index contributed by atoms with van der Waals surface area (Å²) in [4.78, 5) is 12.1. The highest BCUT2D eigenvalue weighted by Gasteiger charge is 2.09. The lowest BCUT2D eigenvalue weighted by molar-refractivity contribution is 0.103. The first-order valence-electron chi connectivity index (χ1n) is 5.80. The van der Waals surface area contributed by atoms with Gasteiger partial charge in [0.15, 0.2) is 5.78 Å². The standard InChI is InChI=1S/C15H14FNO/c16-14-3-1-2-13(10-14)15(18)12-6-4-11(5-7-12)8-9-17/h1-7,10H,8-9,17H2. The van der Waals surface area contributed by atoms with Gasteiger partial charge in [-0.05, 0) is 30.7 Å². The van der Waals surface area contributed by atoms with Gasteiger partial charge in [0.2, 0.25) is 0 Å². The predicted octanol–water partition coefficient (Wildman–Crippen LogP) is 2.56. The fourth-order valence-corrected chi connectivity index (χ4v) is 1.79. The van der Waals surface area contributed by atoms with E-state index >= 15 is 0 Å². The Morgan fingerprint density at radius 1 is 1.06 bits per heavy atom. The molecule has 2 nitrogen and oxygen atoms in total. The van der Waals surface area contributed by atoms with E-state index in [1.54, 1.807) is 18.2 Å². The maximum atomic E-state index is 13.0. The molecule has 0 bridgehead atoms. The summed E-state index contributed by atoms with van der Waals surface area (Å²) >= 11 is 0. The van der Waals surface area contributed by atoms with E-state index in [9.17, 15) is 9.18 Å². The molecule has 0 saturated carbocycles. The number of hydrogen-bond donors (Lipinski definition) is 1. The van der Waals surface area contributed by atoms with Crippen molar-refractivity contribution in [2.45, 2.75) is 6.42 Å². The number of hydrogen-bond acceptors (Lipinski definition) is 2. The molecule has 0 unspecified atom stereocenters. The van der Waals surface area contributed by atoms with Crippen molar-refractivity contribution in [3.05, 3.63) is 71.0 Å². The Morgan fingerprint density at radius 2 is 1.78 bits per heavy atom. The Hall–Kier alpha value is -2.00. The molecule has 0 amide bonds. The second-order valence-electron chi connectivity index (χ2n) is 4.08. The van der Waals surface area contributed by atoms with Crippen LogP contribution in [0.4, 0.5) is 4.39 Å². The van der Waals surface area contributed by atoms with Crippen molar-refractivity contribution in [3.63, 3.8) is 0 Å². The minimum atomic E-state index is -0.402. The van der Waals surface area contributed by atoms with Gasteiger partial charge in [-0.15, -0.1) is 0 Å². The maximum absolute atomic E-state index is 13.0. The van der Waals surface area contributed by atoms with Crippen LogP contribution in [0, 0.1) is 5.82 Å². The first-order valence-corrected chi connectivity index (χ1v) is 5.80. The molecule has 0 heterocycles. The molecule has 0 saturated heterocycles. The maximum Gasteiger partial charge on any atom is 0.193 e. The molecule has 0 fully saturated rings. The second-order valence-corrected chi connectivity index (χ2v) is 4.08. The number of ketones is 1. The number of nitrogens with two attached hydrogens (primary N) is 1. The summed E-state index contributed by atoms with van der Waals surface area (Å²) < 4.78 is 13.0. The molecular weight excluding hydrogens is 229 g/mol. The largest absolute Gasteiger partial charge is 0.330 e. The number of benzene rings is 2. The van der Waals surface area contributed by atoms with E-state index in [1.807, 2.05) is 12.1 Å². The van der Waals surface area contributed by atoms with Crippen molar-refractivity contribution in [3.8, 4) is 0 Å². The fraction of sp³-hybridized carbons (Fsp3) is 0.133. The van der Waals surface area contributed by atoms with Crippen LogP contribution in [0.1, 0.15) is 21.5 Å². The number of halogens is 1. The summed E-state index contributed by atoms with van der Waals surface area (Å²) in [6.07, 6.45) is 0.786. The molecule has 18 heavy (non-hydrogen) atoms. The van der Waals surface area contributed by atoms with Gasteiger partial charge in [-0.1, -0.05) is 36.4 Å². The van der Waals surface area contributed by atoms with Crippen molar-refractivity contribution in [1.82, 2.24) is 0 Å². The first-order chi connectivity index (χ1) is 8.70. The van der Waals surface area contributed by atoms with Gasteiger partial charge < -0.3 is 5.73 Å². The normalized spacial score (nSPS) is 10.3. The molecule has 0 aliphatic carbocycles. The van der Waals surface area contributed by atoms with Crippen molar-refractivity contribution < 1.29 is 9.18 Å². The van der Waals surface area contributed by atoms with Crippen LogP contribution in [0.3, 0.4) is 0 Å². The highest BCUT2D eigenvalue weighted by molar-refractivity contribution is 6.08. The highest BCUT2D eigenvalue weighted by atomic mass is 19.1. The van der Waals surface area contributed by atoms with Gasteiger partial charge >= 0.3 is 0 Å². The summed E-state index contributed by atoms with van der Waals surface area (Å²) in [6.45, 7) is 0.581. The molecule has 0 atom stereocenters. The number of carbonyl (C=O) groups excluding carboxylic acids is 1. The smallest absolute Gasteiger partial charge is 0.193 e. The average molecular weight is 243 g/mol. The van der Waals surface area contributed by atoms with Crippen LogP contribution < -0.4 is 5.73 Å². The summed E-state index contributed by atoms with van der Waals surface area (Å²) in [7, 11) is 0. The molecule has 92 valence electrons. The van der Waals surface area contributed by atoms with E-state index in [0.29, 0.717) is 17.7 Å². The molecule has 2 aromatic rings. The third kappa shape index (κ3) is 2.81. The van der Waals surface area contributed by atoms with Gasteiger partial charge in [0.05, 0.1) is 0 Å². The molecule has 0 radical (unpaired) electrons. The molecular formula is C15H14FNO. The Morgan fingerprint density at radius 3 is 2.39 bits per heavy atom. The molecule has 0 aromatic heterocycles. The lowest BCUT2D eigenvalue weighted by atomic mass is 10.0. The zero-order chi connectivity index (χ0) is 13.0. The minimum Gasteiger partial charge on any atom is -0.330 e. The third-order valence-corrected chi connectivity index (χ3v) is 2.74. The van der Waals surface area contributed by atoms with Crippen molar-refractivity contribution >= 4 is 5.78 Å². The molecule has 2 rings (SSSR count). The van der Waals surface area contributed by atoms with Crippen molar-refractivity contribution in [2.24, 2.45) is 5.73 Å². The minimum absolute atomic E-state index is 0.172. The summed E-state index contributed by atoms with van der Waals surface area (Å²) in [5.74, 6) is -0.575. The van der Waals surface area contributed by atoms with E-state index < -0.39 is 5.82 Å². The Kier molecular flexibility index (Phi) is 3.85. The first kappa shape index (κ1) is 12.5. The van der Waals surface area contributed by atoms with E-state index in [4.69, 9.17) is 5.73 Å². The van der Waals surface area contributed by atoms with E-state index in [-0.39, 0.29) is 5.78 Å². The summed E-state index contributed by atoms with van der Waals surface area (Å²) in [6, 6.07) is 13.0. The van der Waals surface area contributed by atoms with Gasteiger partial charge in [0.1, 0.15) is 5.82 Å². The van der Waals surface area contributed by atoms with Gasteiger partial charge in [-0.2, -0.15) is 0 Å². The van der Waals surface area contributed by atoms with Gasteiger partial charge in [-0.25, -0.2) is 4.39 Å². The predicted molar refractivity (Wildman–Crippen MR) is 69.0 cm³/mol. The SMILES string of the molecule is NCCc1ccc(C(=O)c2cccc(F)c2)cc1. The van der Waals surface area contributed by atoms with Gasteiger partial charge in [-0.3, -0.25) is 4.79 Å². The van der Waals surface area contributed by atoms with E-state index in [1.165, 1.54) is 18.2 Å². The zero-order valence-electron chi connectivity index (χ0n) is 9.90. The Bertz CT molecular complexity index is 549. The topological polar surface area (TPSA) is 43.1 Å². The van der Waals surface area contributed by atoms with E-state index in [2.05, 4.69) is 0 Å². The molecule has 3 heteroatoms. The van der Waals surface area contributed by atoms with Crippen LogP contribution in [0.5, 0.6) is 0 Å². The Labute approximate surface area is 105 Å². The highest BCUT2D eigenvalue weighted by Crippen LogP contribution is 2.12. The molecule has 2 N–H and O–H groups in total. The Balaban J connectivity index is 2.23. The van der Waals surface area contributed by atoms with Crippen molar-refractivity contribution in [1.29, 1.82) is 0 Å². The van der Waals surface area contributed by atoms with Gasteiger partial charge in [0, 0.05) is 11.1 Å². The van der Waals surface area contributed by atoms with Crippen LogP contribution in [0.25, 0.3) is 0 Å². The third-order valence-electron chi connectivity index (χ3n) is 2.74. The monoisotopic (exact) mass is 243 g/mol. The molecule has 0 aliphatic rings. The number of carbonyl (C=O) groups is 1. The molecule has 0 spiro atoms. The quantitative estimate of drug-likeness (QED) is 0.839. The average Bonchev–Trinajstić information content (AvgIpc) is 2.39. The second kappa shape index (κ2) is 5.56. The van der Waals surface area contributed by atoms with Crippen LogP contribution in [-0.4, -0.2) is 12.3 Å². The van der Waals surface area contributed by atoms with Crippen LogP contribution in [0.15, 0.2) is 48.5 Å². The lowest BCUT2D eigenvalue weighted by Crippen LogP contribution is -2.04. The fourth-order valence-electron chi connectivity index (χ4n) is 1.79. The van der Waals surface area contributed by atoms with Gasteiger partial charge in [0.25, 0.3) is 0 Å². The lowest BCUT2D eigenvalue weighted by Gasteiger charge is -2.03.